The molecule has 0 aromatic rings. The Morgan fingerprint density at radius 2 is 1.67 bits per heavy atom. The first-order chi connectivity index (χ1) is 5.30. The fraction of sp³-hybridized carbons (Fsp3) is 0.500. The lowest BCUT2D eigenvalue weighted by Gasteiger charge is -2.20. The van der Waals surface area contributed by atoms with E-state index in [0.29, 0.717) is 0 Å². The smallest absolute Gasteiger partial charge is 0.245 e. The number of carbonyl (C=O) groups is 3. The second-order valence-electron chi connectivity index (χ2n) is 2.53. The van der Waals surface area contributed by atoms with Crippen LogP contribution in [0.1, 0.15) is 13.3 Å². The Balaban J connectivity index is 4.75. The summed E-state index contributed by atoms with van der Waals surface area (Å²) in [6.07, 6.45) is -0.558. The molecule has 0 fully saturated rings. The van der Waals surface area contributed by atoms with Gasteiger partial charge in [0.15, 0.2) is 11.3 Å². The van der Waals surface area contributed by atoms with E-state index in [1.165, 1.54) is 0 Å². The molecule has 6 N–H and O–H groups in total. The van der Waals surface area contributed by atoms with E-state index < -0.39 is 29.6 Å². The summed E-state index contributed by atoms with van der Waals surface area (Å²) >= 11 is 0. The van der Waals surface area contributed by atoms with E-state index in [1.807, 2.05) is 0 Å². The molecule has 0 aliphatic heterocycles. The lowest BCUT2D eigenvalue weighted by atomic mass is 9.91. The zero-order valence-electron chi connectivity index (χ0n) is 6.66. The molecule has 0 saturated carbocycles. The third-order valence-corrected chi connectivity index (χ3v) is 1.52. The van der Waals surface area contributed by atoms with Crippen molar-refractivity contribution in [1.82, 2.24) is 0 Å². The summed E-state index contributed by atoms with van der Waals surface area (Å²) in [6.45, 7) is 1.08. The van der Waals surface area contributed by atoms with E-state index in [9.17, 15) is 14.4 Å². The van der Waals surface area contributed by atoms with Crippen LogP contribution in [0.25, 0.3) is 0 Å². The van der Waals surface area contributed by atoms with Gasteiger partial charge in [-0.05, 0) is 6.92 Å². The predicted octanol–water partition coefficient (Wildman–Crippen LogP) is -2.37. The molecule has 6 nitrogen and oxygen atoms in total. The highest BCUT2D eigenvalue weighted by Gasteiger charge is 2.38. The van der Waals surface area contributed by atoms with Gasteiger partial charge < -0.3 is 17.2 Å². The van der Waals surface area contributed by atoms with Gasteiger partial charge >= 0.3 is 0 Å². The highest BCUT2D eigenvalue weighted by Crippen LogP contribution is 2.06. The SMILES string of the molecule is CC(=O)[C@](N)(CC(N)=O)C(N)=O. The molecule has 0 heterocycles. The quantitative estimate of drug-likeness (QED) is 0.410. The Labute approximate surface area is 69.1 Å². The molecule has 12 heavy (non-hydrogen) atoms. The summed E-state index contributed by atoms with van der Waals surface area (Å²) in [5, 5.41) is 0. The van der Waals surface area contributed by atoms with E-state index in [2.05, 4.69) is 0 Å². The van der Waals surface area contributed by atoms with Gasteiger partial charge in [-0.25, -0.2) is 0 Å². The molecule has 2 amide bonds. The van der Waals surface area contributed by atoms with Crippen LogP contribution >= 0.6 is 0 Å². The number of hydrogen-bond donors (Lipinski definition) is 3. The van der Waals surface area contributed by atoms with Crippen molar-refractivity contribution in [2.75, 3.05) is 0 Å². The van der Waals surface area contributed by atoms with Crippen LogP contribution in [0.5, 0.6) is 0 Å². The summed E-state index contributed by atoms with van der Waals surface area (Å²) in [5.74, 6) is -2.56. The van der Waals surface area contributed by atoms with Crippen molar-refractivity contribution >= 4 is 17.6 Å². The van der Waals surface area contributed by atoms with Gasteiger partial charge in [-0.15, -0.1) is 0 Å². The average molecular weight is 173 g/mol. The topological polar surface area (TPSA) is 129 Å². The van der Waals surface area contributed by atoms with Crippen molar-refractivity contribution in [1.29, 1.82) is 0 Å². The van der Waals surface area contributed by atoms with Crippen LogP contribution in [0.4, 0.5) is 0 Å². The monoisotopic (exact) mass is 173 g/mol. The van der Waals surface area contributed by atoms with Crippen LogP contribution in [0.2, 0.25) is 0 Å². The van der Waals surface area contributed by atoms with E-state index in [-0.39, 0.29) is 0 Å². The lowest BCUT2D eigenvalue weighted by Crippen LogP contribution is -2.59. The molecule has 0 aliphatic rings. The first kappa shape index (κ1) is 10.6. The third-order valence-electron chi connectivity index (χ3n) is 1.52. The molecule has 0 unspecified atom stereocenters. The number of ketones is 1. The Bertz CT molecular complexity index is 222. The minimum absolute atomic E-state index is 0.558. The minimum atomic E-state index is -1.95. The third kappa shape index (κ3) is 2.03. The highest BCUT2D eigenvalue weighted by atomic mass is 16.2. The van der Waals surface area contributed by atoms with E-state index in [0.717, 1.165) is 6.92 Å². The van der Waals surface area contributed by atoms with E-state index in [1.54, 1.807) is 0 Å². The summed E-state index contributed by atoms with van der Waals surface area (Å²) in [4.78, 5) is 31.9. The Morgan fingerprint density at radius 3 is 1.75 bits per heavy atom. The minimum Gasteiger partial charge on any atom is -0.370 e. The number of rotatable bonds is 4. The maximum absolute atomic E-state index is 10.8. The molecule has 0 rings (SSSR count). The number of amides is 2. The van der Waals surface area contributed by atoms with Crippen molar-refractivity contribution in [3.8, 4) is 0 Å². The number of nitrogens with two attached hydrogens (primary N) is 3. The summed E-state index contributed by atoms with van der Waals surface area (Å²) < 4.78 is 0. The molecule has 0 saturated heterocycles. The second kappa shape index (κ2) is 3.31. The Hall–Kier alpha value is -1.43. The normalized spacial score (nSPS) is 14.8. The van der Waals surface area contributed by atoms with Crippen LogP contribution in [0.3, 0.4) is 0 Å². The predicted molar refractivity (Wildman–Crippen MR) is 40.6 cm³/mol. The number of Topliss-reactive ketones (excluding diaryl/α,β-unsaturated/α-hetero) is 1. The molecule has 6 heteroatoms. The molecule has 0 radical (unpaired) electrons. The maximum Gasteiger partial charge on any atom is 0.245 e. The molecular weight excluding hydrogens is 162 g/mol. The Morgan fingerprint density at radius 1 is 1.25 bits per heavy atom. The molecule has 0 bridgehead atoms. The van der Waals surface area contributed by atoms with E-state index >= 15 is 0 Å². The molecule has 0 aliphatic carbocycles. The van der Waals surface area contributed by atoms with Gasteiger partial charge in [0.05, 0.1) is 6.42 Å². The summed E-state index contributed by atoms with van der Waals surface area (Å²) in [7, 11) is 0. The molecule has 0 spiro atoms. The first-order valence-corrected chi connectivity index (χ1v) is 3.19. The lowest BCUT2D eigenvalue weighted by molar-refractivity contribution is -0.136. The van der Waals surface area contributed by atoms with Crippen molar-refractivity contribution in [3.05, 3.63) is 0 Å². The number of carbonyl (C=O) groups excluding carboxylic acids is 3. The molecule has 68 valence electrons. The molecule has 0 aromatic heterocycles. The van der Waals surface area contributed by atoms with Crippen molar-refractivity contribution in [3.63, 3.8) is 0 Å². The second-order valence-corrected chi connectivity index (χ2v) is 2.53. The van der Waals surface area contributed by atoms with Crippen molar-refractivity contribution in [2.45, 2.75) is 18.9 Å². The van der Waals surface area contributed by atoms with Gasteiger partial charge in [0, 0.05) is 0 Å². The highest BCUT2D eigenvalue weighted by molar-refractivity contribution is 6.11. The van der Waals surface area contributed by atoms with Crippen LogP contribution in [-0.2, 0) is 14.4 Å². The van der Waals surface area contributed by atoms with Gasteiger partial charge in [-0.3, -0.25) is 14.4 Å². The fourth-order valence-electron chi connectivity index (χ4n) is 0.660. The van der Waals surface area contributed by atoms with Gasteiger partial charge in [0.1, 0.15) is 0 Å². The van der Waals surface area contributed by atoms with Gasteiger partial charge in [-0.1, -0.05) is 0 Å². The first-order valence-electron chi connectivity index (χ1n) is 3.19. The van der Waals surface area contributed by atoms with Gasteiger partial charge in [0.25, 0.3) is 0 Å². The maximum atomic E-state index is 10.8. The van der Waals surface area contributed by atoms with Crippen LogP contribution < -0.4 is 17.2 Å². The number of primary amides is 2. The van der Waals surface area contributed by atoms with Crippen molar-refractivity contribution < 1.29 is 14.4 Å². The zero-order chi connectivity index (χ0) is 9.94. The average Bonchev–Trinajstić information content (AvgIpc) is 1.84. The van der Waals surface area contributed by atoms with Crippen LogP contribution in [-0.4, -0.2) is 23.1 Å². The van der Waals surface area contributed by atoms with Crippen molar-refractivity contribution in [2.24, 2.45) is 17.2 Å². The summed E-state index contributed by atoms with van der Waals surface area (Å²) in [5.41, 5.74) is 12.9. The van der Waals surface area contributed by atoms with Crippen LogP contribution in [0.15, 0.2) is 0 Å². The molecule has 0 aromatic carbocycles. The largest absolute Gasteiger partial charge is 0.370 e. The van der Waals surface area contributed by atoms with Gasteiger partial charge in [0.2, 0.25) is 11.8 Å². The standard InChI is InChI=1S/C6H11N3O3/c1-3(10)6(9,5(8)12)2-4(7)11/h2,9H2,1H3,(H2,7,11)(H2,8,12)/t6-/m1/s1. The zero-order valence-corrected chi connectivity index (χ0v) is 6.66. The Kier molecular flexibility index (Phi) is 2.92. The number of hydrogen-bond acceptors (Lipinski definition) is 4. The van der Waals surface area contributed by atoms with Gasteiger partial charge in [-0.2, -0.15) is 0 Å². The summed E-state index contributed by atoms with van der Waals surface area (Å²) in [6, 6.07) is 0. The van der Waals surface area contributed by atoms with E-state index in [4.69, 9.17) is 17.2 Å². The molecular formula is C6H11N3O3. The molecule has 1 atom stereocenters. The van der Waals surface area contributed by atoms with Crippen LogP contribution in [0, 0.1) is 0 Å². The fourth-order valence-corrected chi connectivity index (χ4v) is 0.660.